The van der Waals surface area contributed by atoms with Gasteiger partial charge in [-0.15, -0.1) is 21.5 Å². The van der Waals surface area contributed by atoms with E-state index in [9.17, 15) is 4.79 Å². The van der Waals surface area contributed by atoms with E-state index < -0.39 is 6.10 Å². The summed E-state index contributed by atoms with van der Waals surface area (Å²) in [5.41, 5.74) is 3.26. The fourth-order valence-electron chi connectivity index (χ4n) is 3.15. The number of esters is 1. The van der Waals surface area contributed by atoms with Crippen molar-refractivity contribution in [1.82, 2.24) is 10.2 Å². The zero-order valence-corrected chi connectivity index (χ0v) is 15.6. The smallest absolute Gasteiger partial charge is 0.349 e. The van der Waals surface area contributed by atoms with Gasteiger partial charge in [-0.2, -0.15) is 0 Å². The van der Waals surface area contributed by atoms with Gasteiger partial charge in [-0.05, 0) is 63.3 Å². The number of thiophene rings is 1. The van der Waals surface area contributed by atoms with Crippen LogP contribution in [0, 0.1) is 6.92 Å². The molecule has 1 aromatic carbocycles. The molecule has 2 heterocycles. The Balaban J connectivity index is 1.47. The molecule has 1 aliphatic carbocycles. The van der Waals surface area contributed by atoms with Crippen LogP contribution in [-0.2, 0) is 17.6 Å². The minimum absolute atomic E-state index is 0.302. The van der Waals surface area contributed by atoms with Crippen molar-refractivity contribution in [1.29, 1.82) is 0 Å². The van der Waals surface area contributed by atoms with E-state index in [1.807, 2.05) is 37.3 Å². The van der Waals surface area contributed by atoms with Crippen molar-refractivity contribution >= 4 is 17.3 Å². The Bertz CT molecular complexity index is 921. The summed E-state index contributed by atoms with van der Waals surface area (Å²) in [4.78, 5) is 14.4. The van der Waals surface area contributed by atoms with Crippen LogP contribution in [0.25, 0.3) is 11.5 Å². The number of hydrogen-bond donors (Lipinski definition) is 0. The van der Waals surface area contributed by atoms with Crippen LogP contribution in [0.15, 0.2) is 34.7 Å². The number of ether oxygens (including phenoxy) is 1. The molecule has 5 nitrogen and oxygen atoms in total. The fourth-order valence-corrected chi connectivity index (χ4v) is 4.29. The molecular formula is C20H20N2O3S. The van der Waals surface area contributed by atoms with E-state index in [-0.39, 0.29) is 5.97 Å². The summed E-state index contributed by atoms with van der Waals surface area (Å²) >= 11 is 1.54. The van der Waals surface area contributed by atoms with E-state index in [1.165, 1.54) is 23.3 Å². The molecule has 4 rings (SSSR count). The van der Waals surface area contributed by atoms with Crippen LogP contribution in [-0.4, -0.2) is 16.2 Å². The van der Waals surface area contributed by atoms with Crippen molar-refractivity contribution in [2.24, 2.45) is 0 Å². The predicted octanol–water partition coefficient (Wildman–Crippen LogP) is 4.90. The number of carbonyl (C=O) groups is 1. The SMILES string of the molecule is Cc1cccc(-c2nnc(C(C)OC(=O)c3cc4c(s3)CCCC4)o2)c1. The molecule has 0 aliphatic heterocycles. The average molecular weight is 368 g/mol. The summed E-state index contributed by atoms with van der Waals surface area (Å²) in [5.74, 6) is 0.404. The minimum atomic E-state index is -0.590. The number of rotatable bonds is 4. The topological polar surface area (TPSA) is 65.2 Å². The highest BCUT2D eigenvalue weighted by atomic mass is 32.1. The molecular weight excluding hydrogens is 348 g/mol. The summed E-state index contributed by atoms with van der Waals surface area (Å²) in [6.45, 7) is 3.75. The number of aryl methyl sites for hydroxylation is 3. The lowest BCUT2D eigenvalue weighted by atomic mass is 9.99. The maximum atomic E-state index is 12.5. The van der Waals surface area contributed by atoms with Gasteiger partial charge < -0.3 is 9.15 Å². The van der Waals surface area contributed by atoms with Gasteiger partial charge in [0.1, 0.15) is 4.88 Å². The van der Waals surface area contributed by atoms with Crippen LogP contribution < -0.4 is 0 Å². The van der Waals surface area contributed by atoms with Crippen molar-refractivity contribution in [3.8, 4) is 11.5 Å². The standard InChI is InChI=1S/C20H20N2O3S/c1-12-6-5-8-15(10-12)19-22-21-18(25-19)13(2)24-20(23)17-11-14-7-3-4-9-16(14)26-17/h5-6,8,10-11,13H,3-4,7,9H2,1-2H3. The van der Waals surface area contributed by atoms with E-state index >= 15 is 0 Å². The van der Waals surface area contributed by atoms with Gasteiger partial charge in [0.05, 0.1) is 0 Å². The van der Waals surface area contributed by atoms with Crippen LogP contribution in [0.2, 0.25) is 0 Å². The predicted molar refractivity (Wildman–Crippen MR) is 99.3 cm³/mol. The Hall–Kier alpha value is -2.47. The third-order valence-corrected chi connectivity index (χ3v) is 5.75. The summed E-state index contributed by atoms with van der Waals surface area (Å²) in [6, 6.07) is 9.81. The van der Waals surface area contributed by atoms with Gasteiger partial charge in [-0.1, -0.05) is 17.7 Å². The largest absolute Gasteiger partial charge is 0.448 e. The maximum absolute atomic E-state index is 12.5. The number of aromatic nitrogens is 2. The van der Waals surface area contributed by atoms with Gasteiger partial charge in [0, 0.05) is 10.4 Å². The second-order valence-corrected chi connectivity index (χ2v) is 7.77. The highest BCUT2D eigenvalue weighted by Crippen LogP contribution is 2.31. The van der Waals surface area contributed by atoms with Gasteiger partial charge in [0.2, 0.25) is 5.89 Å². The van der Waals surface area contributed by atoms with Crippen molar-refractivity contribution < 1.29 is 13.9 Å². The number of benzene rings is 1. The number of hydrogen-bond acceptors (Lipinski definition) is 6. The summed E-state index contributed by atoms with van der Waals surface area (Å²) in [6.07, 6.45) is 3.91. The molecule has 0 saturated heterocycles. The van der Waals surface area contributed by atoms with Crippen molar-refractivity contribution in [3.63, 3.8) is 0 Å². The average Bonchev–Trinajstić information content (AvgIpc) is 3.29. The van der Waals surface area contributed by atoms with Crippen LogP contribution in [0.5, 0.6) is 0 Å². The molecule has 3 aromatic rings. The van der Waals surface area contributed by atoms with Gasteiger partial charge >= 0.3 is 5.97 Å². The Morgan fingerprint density at radius 3 is 2.88 bits per heavy atom. The first kappa shape index (κ1) is 17.0. The fraction of sp³-hybridized carbons (Fsp3) is 0.350. The van der Waals surface area contributed by atoms with E-state index in [0.29, 0.717) is 16.7 Å². The quantitative estimate of drug-likeness (QED) is 0.613. The second kappa shape index (κ2) is 7.03. The van der Waals surface area contributed by atoms with Gasteiger partial charge in [-0.3, -0.25) is 0 Å². The second-order valence-electron chi connectivity index (χ2n) is 6.63. The normalized spacial score (nSPS) is 14.7. The third-order valence-electron chi connectivity index (χ3n) is 4.54. The molecule has 2 aromatic heterocycles. The monoisotopic (exact) mass is 368 g/mol. The molecule has 134 valence electrons. The molecule has 26 heavy (non-hydrogen) atoms. The van der Waals surface area contributed by atoms with Gasteiger partial charge in [0.15, 0.2) is 6.10 Å². The molecule has 1 unspecified atom stereocenters. The molecule has 0 fully saturated rings. The van der Waals surface area contributed by atoms with Crippen LogP contribution in [0.3, 0.4) is 0 Å². The Labute approximate surface area is 156 Å². The van der Waals surface area contributed by atoms with E-state index in [2.05, 4.69) is 10.2 Å². The number of carbonyl (C=O) groups excluding carboxylic acids is 1. The lowest BCUT2D eigenvalue weighted by Crippen LogP contribution is -2.08. The van der Waals surface area contributed by atoms with Gasteiger partial charge in [0.25, 0.3) is 5.89 Å². The zero-order valence-electron chi connectivity index (χ0n) is 14.8. The highest BCUT2D eigenvalue weighted by molar-refractivity contribution is 7.14. The third kappa shape index (κ3) is 3.42. The molecule has 0 N–H and O–H groups in total. The summed E-state index contributed by atoms with van der Waals surface area (Å²) in [5, 5.41) is 8.12. The molecule has 0 amide bonds. The van der Waals surface area contributed by atoms with E-state index in [0.717, 1.165) is 24.0 Å². The zero-order chi connectivity index (χ0) is 18.1. The molecule has 1 atom stereocenters. The molecule has 1 aliphatic rings. The first-order valence-corrected chi connectivity index (χ1v) is 9.65. The number of nitrogens with zero attached hydrogens (tertiary/aromatic N) is 2. The first-order valence-electron chi connectivity index (χ1n) is 8.83. The van der Waals surface area contributed by atoms with Crippen molar-refractivity contribution in [2.75, 3.05) is 0 Å². The van der Waals surface area contributed by atoms with Crippen LogP contribution >= 0.6 is 11.3 Å². The molecule has 0 spiro atoms. The Morgan fingerprint density at radius 2 is 2.08 bits per heavy atom. The molecule has 0 radical (unpaired) electrons. The van der Waals surface area contributed by atoms with Crippen LogP contribution in [0.4, 0.5) is 0 Å². The Morgan fingerprint density at radius 1 is 1.23 bits per heavy atom. The highest BCUT2D eigenvalue weighted by Gasteiger charge is 2.23. The number of fused-ring (bicyclic) bond motifs is 1. The van der Waals surface area contributed by atoms with E-state index in [1.54, 1.807) is 18.3 Å². The van der Waals surface area contributed by atoms with E-state index in [4.69, 9.17) is 9.15 Å². The molecule has 0 bridgehead atoms. The minimum Gasteiger partial charge on any atom is -0.448 e. The Kier molecular flexibility index (Phi) is 4.59. The maximum Gasteiger partial charge on any atom is 0.349 e. The van der Waals surface area contributed by atoms with Gasteiger partial charge in [-0.25, -0.2) is 4.79 Å². The van der Waals surface area contributed by atoms with Crippen LogP contribution in [0.1, 0.15) is 57.4 Å². The summed E-state index contributed by atoms with van der Waals surface area (Å²) in [7, 11) is 0. The lowest BCUT2D eigenvalue weighted by Gasteiger charge is -2.08. The van der Waals surface area contributed by atoms with Crippen molar-refractivity contribution in [3.05, 3.63) is 57.1 Å². The summed E-state index contributed by atoms with van der Waals surface area (Å²) < 4.78 is 11.3. The first-order chi connectivity index (χ1) is 12.6. The molecule has 6 heteroatoms. The van der Waals surface area contributed by atoms with Crippen molar-refractivity contribution in [2.45, 2.75) is 45.6 Å². The lowest BCUT2D eigenvalue weighted by molar-refractivity contribution is 0.0285. The molecule has 0 saturated carbocycles.